The molecule has 0 aliphatic rings. The van der Waals surface area contributed by atoms with E-state index in [9.17, 15) is 26.4 Å². The molecule has 0 saturated heterocycles. The summed E-state index contributed by atoms with van der Waals surface area (Å²) in [6.45, 7) is -0.0116. The van der Waals surface area contributed by atoms with Crippen molar-refractivity contribution < 1.29 is 31.1 Å². The lowest BCUT2D eigenvalue weighted by molar-refractivity contribution is -0.142. The molecule has 0 bridgehead atoms. The molecule has 0 aliphatic heterocycles. The van der Waals surface area contributed by atoms with Gasteiger partial charge in [-0.05, 0) is 43.8 Å². The van der Waals surface area contributed by atoms with Gasteiger partial charge >= 0.3 is 12.1 Å². The number of esters is 1. The lowest BCUT2D eigenvalue weighted by atomic mass is 10.2. The molecule has 0 atom stereocenters. The molecule has 0 aliphatic carbocycles. The highest BCUT2D eigenvalue weighted by Crippen LogP contribution is 2.26. The number of likely N-dealkylation sites (N-methyl/N-ethyl adjacent to an activating group) is 1. The number of nitrogens with two attached hydrogens (primary N) is 1. The summed E-state index contributed by atoms with van der Waals surface area (Å²) in [5.74, 6) is -0.947. The first-order chi connectivity index (χ1) is 15.3. The smallest absolute Gasteiger partial charge is 0.430 e. The van der Waals surface area contributed by atoms with Crippen LogP contribution in [0.1, 0.15) is 5.82 Å². The second kappa shape index (κ2) is 10.9. The zero-order chi connectivity index (χ0) is 24.8. The van der Waals surface area contributed by atoms with E-state index in [4.69, 9.17) is 10.5 Å². The van der Waals surface area contributed by atoms with Crippen molar-refractivity contribution in [2.75, 3.05) is 40.0 Å². The van der Waals surface area contributed by atoms with Crippen molar-refractivity contribution in [1.29, 1.82) is 0 Å². The molecule has 0 unspecified atom stereocenters. The number of carbonyl (C=O) groups excluding carboxylic acids is 1. The number of aromatic nitrogens is 2. The van der Waals surface area contributed by atoms with Crippen molar-refractivity contribution in [3.63, 3.8) is 0 Å². The van der Waals surface area contributed by atoms with E-state index in [0.717, 1.165) is 17.8 Å². The molecule has 0 spiro atoms. The average molecular weight is 506 g/mol. The summed E-state index contributed by atoms with van der Waals surface area (Å²) in [6.07, 6.45) is -3.24. The number of hydrogen-bond donors (Lipinski definition) is 1. The molecule has 1 aromatic carbocycles. The van der Waals surface area contributed by atoms with E-state index >= 15 is 0 Å². The Labute approximate surface area is 192 Å². The molecular formula is C19H22F3N5O4S2. The number of rotatable bonds is 9. The number of sulfone groups is 1. The van der Waals surface area contributed by atoms with Crippen LogP contribution in [0.4, 0.5) is 13.2 Å². The number of benzene rings is 1. The molecule has 14 heteroatoms. The minimum Gasteiger partial charge on any atom is -0.463 e. The van der Waals surface area contributed by atoms with E-state index in [1.54, 1.807) is 25.1 Å². The van der Waals surface area contributed by atoms with E-state index in [1.165, 1.54) is 18.2 Å². The maximum absolute atomic E-state index is 13.0. The number of aliphatic imine (C=N–C) groups is 1. The molecule has 1 heterocycles. The molecule has 0 amide bonds. The van der Waals surface area contributed by atoms with Gasteiger partial charge in [0.15, 0.2) is 15.7 Å². The maximum Gasteiger partial charge on any atom is 0.430 e. The summed E-state index contributed by atoms with van der Waals surface area (Å²) < 4.78 is 71.4. The highest BCUT2D eigenvalue weighted by Gasteiger charge is 2.32. The molecule has 0 radical (unpaired) electrons. The van der Waals surface area contributed by atoms with Gasteiger partial charge in [-0.3, -0.25) is 9.79 Å². The van der Waals surface area contributed by atoms with Crippen molar-refractivity contribution >= 4 is 33.1 Å². The molecule has 2 rings (SSSR count). The van der Waals surface area contributed by atoms with Crippen LogP contribution in [0.2, 0.25) is 0 Å². The van der Waals surface area contributed by atoms with Crippen molar-refractivity contribution in [3.8, 4) is 10.6 Å². The number of ether oxygens (including phenoxy) is 1. The number of hydrogen-bond acceptors (Lipinski definition) is 10. The predicted octanol–water partition coefficient (Wildman–Crippen LogP) is 1.91. The number of allylic oxidation sites excluding steroid dienone is 2. The number of nitrogens with zero attached hydrogens (tertiary/aromatic N) is 4. The van der Waals surface area contributed by atoms with Gasteiger partial charge in [0.05, 0.1) is 4.90 Å². The van der Waals surface area contributed by atoms with Crippen LogP contribution in [0, 0.1) is 0 Å². The summed E-state index contributed by atoms with van der Waals surface area (Å²) >= 11 is 0.826. The van der Waals surface area contributed by atoms with Gasteiger partial charge in [0.1, 0.15) is 29.6 Å². The van der Waals surface area contributed by atoms with Crippen LogP contribution < -0.4 is 5.73 Å². The number of halogens is 3. The molecule has 0 saturated carbocycles. The summed E-state index contributed by atoms with van der Waals surface area (Å²) in [5.41, 5.74) is 3.70. The molecule has 2 N–H and O–H groups in total. The van der Waals surface area contributed by atoms with Crippen LogP contribution in [-0.2, 0) is 19.4 Å². The lowest BCUT2D eigenvalue weighted by Crippen LogP contribution is -2.22. The van der Waals surface area contributed by atoms with Gasteiger partial charge in [0.25, 0.3) is 0 Å². The van der Waals surface area contributed by atoms with Crippen LogP contribution in [0.3, 0.4) is 0 Å². The third kappa shape index (κ3) is 8.22. The van der Waals surface area contributed by atoms with Crippen LogP contribution in [0.15, 0.2) is 45.9 Å². The van der Waals surface area contributed by atoms with Gasteiger partial charge in [-0.1, -0.05) is 12.1 Å². The molecule has 0 fully saturated rings. The average Bonchev–Trinajstić information content (AvgIpc) is 3.19. The summed E-state index contributed by atoms with van der Waals surface area (Å²) in [7, 11) is 0.0881. The summed E-state index contributed by atoms with van der Waals surface area (Å²) in [4.78, 5) is 21.7. The van der Waals surface area contributed by atoms with Crippen molar-refractivity contribution in [2.24, 2.45) is 10.7 Å². The fourth-order valence-corrected chi connectivity index (χ4v) is 3.59. The molecule has 180 valence electrons. The molecular weight excluding hydrogens is 483 g/mol. The molecule has 33 heavy (non-hydrogen) atoms. The first-order valence-electron chi connectivity index (χ1n) is 9.31. The second-order valence-electron chi connectivity index (χ2n) is 7.05. The Morgan fingerprint density at radius 3 is 2.64 bits per heavy atom. The Balaban J connectivity index is 2.35. The van der Waals surface area contributed by atoms with Crippen LogP contribution in [-0.4, -0.2) is 80.6 Å². The van der Waals surface area contributed by atoms with Gasteiger partial charge in [-0.2, -0.15) is 17.5 Å². The summed E-state index contributed by atoms with van der Waals surface area (Å²) in [6, 6.07) is 5.87. The van der Waals surface area contributed by atoms with Gasteiger partial charge < -0.3 is 15.4 Å². The minimum absolute atomic E-state index is 0.0484. The number of carbonyl (C=O) groups is 1. The maximum atomic E-state index is 13.0. The third-order valence-corrected chi connectivity index (χ3v) is 5.84. The van der Waals surface area contributed by atoms with E-state index < -0.39 is 34.2 Å². The van der Waals surface area contributed by atoms with E-state index in [-0.39, 0.29) is 28.0 Å². The Morgan fingerprint density at radius 1 is 1.33 bits per heavy atom. The highest BCUT2D eigenvalue weighted by molar-refractivity contribution is 7.90. The quantitative estimate of drug-likeness (QED) is 0.404. The zero-order valence-corrected chi connectivity index (χ0v) is 19.6. The zero-order valence-electron chi connectivity index (χ0n) is 18.0. The molecule has 9 nitrogen and oxygen atoms in total. The first kappa shape index (κ1) is 26.4. The minimum atomic E-state index is -4.82. The Bertz CT molecular complexity index is 1160. The van der Waals surface area contributed by atoms with E-state index in [1.807, 2.05) is 0 Å². The normalized spacial score (nSPS) is 13.4. The van der Waals surface area contributed by atoms with Crippen molar-refractivity contribution in [1.82, 2.24) is 14.3 Å². The van der Waals surface area contributed by atoms with Crippen LogP contribution in [0.5, 0.6) is 0 Å². The summed E-state index contributed by atoms with van der Waals surface area (Å²) in [5, 5.41) is 0.246. The highest BCUT2D eigenvalue weighted by atomic mass is 32.2. The van der Waals surface area contributed by atoms with Gasteiger partial charge in [0, 0.05) is 18.4 Å². The fraction of sp³-hybridized carbons (Fsp3) is 0.368. The Hall–Kier alpha value is -2.84. The first-order valence-corrected chi connectivity index (χ1v) is 12.0. The molecule has 1 aromatic heterocycles. The van der Waals surface area contributed by atoms with Gasteiger partial charge in [-0.15, -0.1) is 0 Å². The largest absolute Gasteiger partial charge is 0.463 e. The van der Waals surface area contributed by atoms with Crippen LogP contribution >= 0.6 is 11.5 Å². The predicted molar refractivity (Wildman–Crippen MR) is 118 cm³/mol. The van der Waals surface area contributed by atoms with E-state index in [2.05, 4.69) is 14.3 Å². The molecule has 2 aromatic rings. The lowest BCUT2D eigenvalue weighted by Gasteiger charge is -2.09. The topological polar surface area (TPSA) is 128 Å². The monoisotopic (exact) mass is 505 g/mol. The SMILES string of the molecule is CN(C)CCOC(=O)CN=C(C=C(N)C(F)(F)F)c1nsc(-c2cccc(S(C)(=O)=O)c2)n1. The third-order valence-electron chi connectivity index (χ3n) is 3.96. The fourth-order valence-electron chi connectivity index (χ4n) is 2.25. The van der Waals surface area contributed by atoms with E-state index in [0.29, 0.717) is 18.2 Å². The Morgan fingerprint density at radius 2 is 2.03 bits per heavy atom. The van der Waals surface area contributed by atoms with Gasteiger partial charge in [-0.25, -0.2) is 13.4 Å². The number of alkyl halides is 3. The second-order valence-corrected chi connectivity index (χ2v) is 9.81. The van der Waals surface area contributed by atoms with Crippen molar-refractivity contribution in [3.05, 3.63) is 41.9 Å². The standard InChI is InChI=1S/C19H22F3N5O4S2/c1-27(2)7-8-31-16(28)11-24-14(10-15(23)19(20,21)22)17-25-18(32-26-17)12-5-4-6-13(9-12)33(3,29)30/h4-6,9-10H,7-8,11,23H2,1-3H3. The van der Waals surface area contributed by atoms with Crippen molar-refractivity contribution in [2.45, 2.75) is 11.1 Å². The Kier molecular flexibility index (Phi) is 8.69. The van der Waals surface area contributed by atoms with Crippen LogP contribution in [0.25, 0.3) is 10.6 Å². The van der Waals surface area contributed by atoms with Gasteiger partial charge in [0.2, 0.25) is 0 Å².